The summed E-state index contributed by atoms with van der Waals surface area (Å²) < 4.78 is 5.26. The van der Waals surface area contributed by atoms with Crippen LogP contribution in [-0.2, 0) is 4.79 Å². The molecular formula is C25H18Cl2N4O3. The molecule has 1 saturated heterocycles. The summed E-state index contributed by atoms with van der Waals surface area (Å²) in [7, 11) is 1.58. The Morgan fingerprint density at radius 3 is 2.59 bits per heavy atom. The van der Waals surface area contributed by atoms with Crippen LogP contribution in [0.2, 0.25) is 5.15 Å². The van der Waals surface area contributed by atoms with Crippen LogP contribution in [0.25, 0.3) is 10.9 Å². The molecule has 2 atom stereocenters. The lowest BCUT2D eigenvalue weighted by Gasteiger charge is -2.44. The quantitative estimate of drug-likeness (QED) is 0.145. The number of hydrogen-bond acceptors (Lipinski definition) is 6. The Kier molecular flexibility index (Phi) is 5.81. The molecule has 4 aromatic rings. The van der Waals surface area contributed by atoms with E-state index in [9.17, 15) is 9.90 Å². The second-order valence-electron chi connectivity index (χ2n) is 7.69. The highest BCUT2D eigenvalue weighted by atomic mass is 35.5. The number of aromatic nitrogens is 1. The SMILES string of the molecule is COc1ccc2cc(C3C(Cl)C(=O)N3c3cc(O)ccc3N=Nc3ccccc3)c(Cl)nc2c1. The van der Waals surface area contributed by atoms with Gasteiger partial charge in [-0.25, -0.2) is 4.98 Å². The molecule has 2 heterocycles. The summed E-state index contributed by atoms with van der Waals surface area (Å²) in [4.78, 5) is 18.9. The fourth-order valence-corrected chi connectivity index (χ4v) is 4.50. The van der Waals surface area contributed by atoms with Crippen LogP contribution in [0.5, 0.6) is 11.5 Å². The van der Waals surface area contributed by atoms with Gasteiger partial charge in [0.15, 0.2) is 0 Å². The molecule has 5 rings (SSSR count). The summed E-state index contributed by atoms with van der Waals surface area (Å²) in [6.45, 7) is 0. The third-order valence-corrected chi connectivity index (χ3v) is 6.33. The molecule has 0 bridgehead atoms. The average molecular weight is 493 g/mol. The number of nitrogens with zero attached hydrogens (tertiary/aromatic N) is 4. The van der Waals surface area contributed by atoms with Crippen LogP contribution >= 0.6 is 23.2 Å². The Labute approximate surface area is 205 Å². The molecule has 1 aromatic heterocycles. The molecule has 0 saturated carbocycles. The summed E-state index contributed by atoms with van der Waals surface area (Å²) in [6, 6.07) is 20.5. The van der Waals surface area contributed by atoms with Crippen molar-refractivity contribution in [1.82, 2.24) is 4.98 Å². The number of anilines is 1. The molecule has 170 valence electrons. The Balaban J connectivity index is 1.57. The number of carbonyl (C=O) groups excluding carboxylic acids is 1. The smallest absolute Gasteiger partial charge is 0.248 e. The van der Waals surface area contributed by atoms with Crippen LogP contribution in [-0.4, -0.2) is 28.5 Å². The first kappa shape index (κ1) is 22.1. The Morgan fingerprint density at radius 2 is 1.82 bits per heavy atom. The van der Waals surface area contributed by atoms with Crippen molar-refractivity contribution in [2.24, 2.45) is 10.2 Å². The number of hydrogen-bond donors (Lipinski definition) is 1. The number of alkyl halides is 1. The number of fused-ring (bicyclic) bond motifs is 1. The van der Waals surface area contributed by atoms with Crippen molar-refractivity contribution in [2.45, 2.75) is 11.4 Å². The fourth-order valence-electron chi connectivity index (χ4n) is 3.89. The van der Waals surface area contributed by atoms with Crippen LogP contribution in [0, 0.1) is 0 Å². The minimum Gasteiger partial charge on any atom is -0.508 e. The van der Waals surface area contributed by atoms with Crippen molar-refractivity contribution >= 4 is 57.1 Å². The number of pyridine rings is 1. The number of phenolic OH excluding ortho intramolecular Hbond substituents is 1. The summed E-state index contributed by atoms with van der Waals surface area (Å²) in [5.74, 6) is 0.306. The van der Waals surface area contributed by atoms with E-state index >= 15 is 0 Å². The number of β-lactam (4-membered cyclic amide) rings is 1. The normalized spacial score (nSPS) is 17.9. The fraction of sp³-hybridized carbons (Fsp3) is 0.120. The summed E-state index contributed by atoms with van der Waals surface area (Å²) in [5, 5.41) is 18.9. The lowest BCUT2D eigenvalue weighted by Crippen LogP contribution is -2.56. The van der Waals surface area contributed by atoms with E-state index in [2.05, 4.69) is 15.2 Å². The minimum absolute atomic E-state index is 0.0203. The molecule has 34 heavy (non-hydrogen) atoms. The van der Waals surface area contributed by atoms with E-state index in [1.807, 2.05) is 48.5 Å². The van der Waals surface area contributed by atoms with Gasteiger partial charge in [-0.05, 0) is 42.5 Å². The van der Waals surface area contributed by atoms with Gasteiger partial charge >= 0.3 is 0 Å². The number of rotatable bonds is 5. The molecule has 3 aromatic carbocycles. The monoisotopic (exact) mass is 492 g/mol. The van der Waals surface area contributed by atoms with Crippen LogP contribution in [0.15, 0.2) is 83.0 Å². The number of benzene rings is 3. The van der Waals surface area contributed by atoms with Gasteiger partial charge in [-0.2, -0.15) is 5.11 Å². The first-order valence-corrected chi connectivity index (χ1v) is 11.2. The summed E-state index contributed by atoms with van der Waals surface area (Å²) in [6.07, 6.45) is 0. The molecule has 1 N–H and O–H groups in total. The number of halogens is 2. The third kappa shape index (κ3) is 3.93. The van der Waals surface area contributed by atoms with Crippen molar-refractivity contribution in [3.63, 3.8) is 0 Å². The molecule has 2 unspecified atom stereocenters. The maximum Gasteiger partial charge on any atom is 0.248 e. The van der Waals surface area contributed by atoms with Gasteiger partial charge in [-0.15, -0.1) is 16.7 Å². The molecule has 1 aliphatic heterocycles. The van der Waals surface area contributed by atoms with Gasteiger partial charge in [0.05, 0.1) is 30.0 Å². The number of carbonyl (C=O) groups is 1. The minimum atomic E-state index is -0.851. The zero-order valence-corrected chi connectivity index (χ0v) is 19.4. The van der Waals surface area contributed by atoms with E-state index in [0.29, 0.717) is 33.9 Å². The van der Waals surface area contributed by atoms with Crippen molar-refractivity contribution < 1.29 is 14.6 Å². The molecule has 1 aliphatic rings. The number of methoxy groups -OCH3 is 1. The predicted molar refractivity (Wildman–Crippen MR) is 132 cm³/mol. The van der Waals surface area contributed by atoms with Crippen LogP contribution < -0.4 is 9.64 Å². The Hall–Kier alpha value is -3.68. The highest BCUT2D eigenvalue weighted by Crippen LogP contribution is 2.48. The summed E-state index contributed by atoms with van der Waals surface area (Å²) in [5.41, 5.74) is 2.68. The molecule has 1 amide bonds. The zero-order valence-electron chi connectivity index (χ0n) is 17.9. The molecule has 7 nitrogen and oxygen atoms in total. The molecule has 9 heteroatoms. The predicted octanol–water partition coefficient (Wildman–Crippen LogP) is 6.71. The average Bonchev–Trinajstić information content (AvgIpc) is 2.86. The highest BCUT2D eigenvalue weighted by molar-refractivity contribution is 6.38. The van der Waals surface area contributed by atoms with Gasteiger partial charge in [0, 0.05) is 23.1 Å². The van der Waals surface area contributed by atoms with Crippen molar-refractivity contribution in [2.75, 3.05) is 12.0 Å². The maximum absolute atomic E-state index is 12.9. The van der Waals surface area contributed by atoms with Crippen LogP contribution in [0.1, 0.15) is 11.6 Å². The molecular weight excluding hydrogens is 475 g/mol. The lowest BCUT2D eigenvalue weighted by atomic mass is 9.92. The second-order valence-corrected chi connectivity index (χ2v) is 8.52. The Bertz CT molecular complexity index is 1430. The second kappa shape index (κ2) is 8.93. The van der Waals surface area contributed by atoms with Gasteiger partial charge in [0.2, 0.25) is 5.91 Å². The largest absolute Gasteiger partial charge is 0.508 e. The molecule has 0 spiro atoms. The van der Waals surface area contributed by atoms with E-state index in [1.165, 1.54) is 17.0 Å². The number of aromatic hydroxyl groups is 1. The van der Waals surface area contributed by atoms with Gasteiger partial charge in [0.1, 0.15) is 27.7 Å². The zero-order chi connectivity index (χ0) is 23.8. The number of azo groups is 1. The Morgan fingerprint density at radius 1 is 1.03 bits per heavy atom. The van der Waals surface area contributed by atoms with Gasteiger partial charge in [0.25, 0.3) is 0 Å². The van der Waals surface area contributed by atoms with Crippen molar-refractivity contribution in [3.8, 4) is 11.5 Å². The van der Waals surface area contributed by atoms with Gasteiger partial charge in [-0.3, -0.25) is 9.69 Å². The molecule has 0 aliphatic carbocycles. The van der Waals surface area contributed by atoms with Crippen LogP contribution in [0.4, 0.5) is 17.1 Å². The first-order chi connectivity index (χ1) is 16.5. The number of ether oxygens (including phenoxy) is 1. The van der Waals surface area contributed by atoms with E-state index in [1.54, 1.807) is 19.2 Å². The van der Waals surface area contributed by atoms with E-state index in [0.717, 1.165) is 5.39 Å². The van der Waals surface area contributed by atoms with Crippen LogP contribution in [0.3, 0.4) is 0 Å². The molecule has 0 radical (unpaired) electrons. The van der Waals surface area contributed by atoms with Crippen molar-refractivity contribution in [1.29, 1.82) is 0 Å². The lowest BCUT2D eigenvalue weighted by molar-refractivity contribution is -0.123. The third-order valence-electron chi connectivity index (χ3n) is 5.60. The highest BCUT2D eigenvalue weighted by Gasteiger charge is 2.50. The standard InChI is InChI=1S/C25H18Cl2N4O3/c1-34-17-9-7-14-11-18(24(27)28-20(14)13-17)23-22(26)25(33)31(23)21-12-16(32)8-10-19(21)30-29-15-5-3-2-4-6-15/h2-13,22-23,32H,1H3. The van der Waals surface area contributed by atoms with E-state index in [-0.39, 0.29) is 16.8 Å². The van der Waals surface area contributed by atoms with Gasteiger partial charge in [-0.1, -0.05) is 29.8 Å². The van der Waals surface area contributed by atoms with Gasteiger partial charge < -0.3 is 9.84 Å². The van der Waals surface area contributed by atoms with E-state index < -0.39 is 11.4 Å². The van der Waals surface area contributed by atoms with E-state index in [4.69, 9.17) is 27.9 Å². The topological polar surface area (TPSA) is 87.4 Å². The number of phenols is 1. The van der Waals surface area contributed by atoms with Crippen molar-refractivity contribution in [3.05, 3.63) is 83.5 Å². The maximum atomic E-state index is 12.9. The molecule has 1 fully saturated rings. The first-order valence-electron chi connectivity index (χ1n) is 10.4. The number of amides is 1. The summed E-state index contributed by atoms with van der Waals surface area (Å²) >= 11 is 13.0.